The molecule has 0 fully saturated rings. The maximum absolute atomic E-state index is 2.42. The van der Waals surface area contributed by atoms with Gasteiger partial charge >= 0.3 is 151 Å². The van der Waals surface area contributed by atoms with Gasteiger partial charge < -0.3 is 37.2 Å². The number of allylic oxidation sites excluding steroid dienone is 4. The van der Waals surface area contributed by atoms with Crippen molar-refractivity contribution in [3.63, 3.8) is 0 Å². The number of halogens is 3. The van der Waals surface area contributed by atoms with E-state index in [1.165, 1.54) is 38.5 Å². The van der Waals surface area contributed by atoms with Gasteiger partial charge in [-0.05, 0) is 0 Å². The molecule has 0 nitrogen and oxygen atoms in total. The monoisotopic (exact) mass is 450 g/mol. The molecular weight excluding hydrogens is 423 g/mol. The van der Waals surface area contributed by atoms with Crippen LogP contribution in [0.25, 0.3) is 0 Å². The van der Waals surface area contributed by atoms with Crippen molar-refractivity contribution in [3.05, 3.63) is 50.6 Å². The molecule has 1 unspecified atom stereocenters. The molecule has 0 aromatic heterocycles. The maximum atomic E-state index is 2.42. The number of hydrogen-bond donors (Lipinski definition) is 0. The second-order valence-corrected chi connectivity index (χ2v) is 9.41. The minimum atomic E-state index is -0.289. The fourth-order valence-electron chi connectivity index (χ4n) is 3.41. The van der Waals surface area contributed by atoms with Crippen molar-refractivity contribution < 1.29 is 57.7 Å². The topological polar surface area (TPSA) is 0 Å². The van der Waals surface area contributed by atoms with Crippen molar-refractivity contribution in [2.45, 2.75) is 59.3 Å². The summed E-state index contributed by atoms with van der Waals surface area (Å²) in [6.07, 6.45) is 7.95. The van der Waals surface area contributed by atoms with Crippen molar-refractivity contribution in [2.24, 2.45) is 5.92 Å². The van der Waals surface area contributed by atoms with Crippen LogP contribution in [0.2, 0.25) is 0 Å². The first-order chi connectivity index (χ1) is 10.7. The SMILES string of the molecule is CCCCCC1=[C]([Ti+3])C(C(C)CC)=C([SiH2]c2ccccc2)C1.[Cl-].[Cl-].[Cl-]. The second-order valence-electron chi connectivity index (χ2n) is 6.60. The van der Waals surface area contributed by atoms with Crippen LogP contribution in [0.1, 0.15) is 59.3 Å². The first kappa shape index (κ1) is 27.7. The van der Waals surface area contributed by atoms with Crippen LogP contribution in [0.4, 0.5) is 0 Å². The van der Waals surface area contributed by atoms with Crippen LogP contribution in [-0.4, -0.2) is 9.52 Å². The van der Waals surface area contributed by atoms with E-state index in [0.717, 1.165) is 5.92 Å². The molecule has 0 saturated heterocycles. The zero-order valence-electron chi connectivity index (χ0n) is 15.5. The largest absolute Gasteiger partial charge is 1.00 e. The van der Waals surface area contributed by atoms with Gasteiger partial charge in [0.25, 0.3) is 0 Å². The van der Waals surface area contributed by atoms with E-state index >= 15 is 0 Å². The third kappa shape index (κ3) is 7.95. The Hall–Kier alpha value is 0.501. The molecule has 138 valence electrons. The van der Waals surface area contributed by atoms with Crippen LogP contribution >= 0.6 is 0 Å². The first-order valence-corrected chi connectivity index (χ1v) is 11.1. The van der Waals surface area contributed by atoms with Gasteiger partial charge in [0, 0.05) is 0 Å². The molecule has 0 saturated carbocycles. The van der Waals surface area contributed by atoms with Crippen molar-refractivity contribution in [3.8, 4) is 0 Å². The third-order valence-electron chi connectivity index (χ3n) is 4.88. The molecule has 1 atom stereocenters. The molecular formula is C20H29Cl3SiTi. The van der Waals surface area contributed by atoms with Crippen LogP contribution < -0.4 is 42.4 Å². The van der Waals surface area contributed by atoms with E-state index in [0.29, 0.717) is 0 Å². The van der Waals surface area contributed by atoms with Crippen LogP contribution in [0.3, 0.4) is 0 Å². The molecule has 25 heavy (non-hydrogen) atoms. The average molecular weight is 452 g/mol. The van der Waals surface area contributed by atoms with E-state index in [2.05, 4.69) is 71.5 Å². The van der Waals surface area contributed by atoms with Crippen molar-refractivity contribution in [2.75, 3.05) is 0 Å². The fraction of sp³-hybridized carbons (Fsp3) is 0.500. The summed E-state index contributed by atoms with van der Waals surface area (Å²) in [7, 11) is -0.289. The number of benzene rings is 1. The van der Waals surface area contributed by atoms with Crippen LogP contribution in [0.15, 0.2) is 50.6 Å². The molecule has 0 heterocycles. The van der Waals surface area contributed by atoms with Gasteiger partial charge in [-0.15, -0.1) is 0 Å². The Morgan fingerprint density at radius 2 is 1.68 bits per heavy atom. The molecule has 0 radical (unpaired) electrons. The molecule has 5 heteroatoms. The Morgan fingerprint density at radius 1 is 1.04 bits per heavy atom. The smallest absolute Gasteiger partial charge is 1.00 e. The summed E-state index contributed by atoms with van der Waals surface area (Å²) in [6, 6.07) is 11.2. The summed E-state index contributed by atoms with van der Waals surface area (Å²) in [5.74, 6) is 0.731. The van der Waals surface area contributed by atoms with E-state index in [-0.39, 0.29) is 46.7 Å². The van der Waals surface area contributed by atoms with Crippen LogP contribution in [0, 0.1) is 5.92 Å². The Morgan fingerprint density at radius 3 is 2.24 bits per heavy atom. The second kappa shape index (κ2) is 14.5. The minimum absolute atomic E-state index is 0. The van der Waals surface area contributed by atoms with Gasteiger partial charge in [-0.25, -0.2) is 0 Å². The summed E-state index contributed by atoms with van der Waals surface area (Å²) >= 11 is 2.40. The molecule has 1 aliphatic carbocycles. The summed E-state index contributed by atoms with van der Waals surface area (Å²) in [4.78, 5) is 0. The number of unbranched alkanes of at least 4 members (excludes halogenated alkanes) is 2. The first-order valence-electron chi connectivity index (χ1n) is 8.87. The molecule has 0 N–H and O–H groups in total. The van der Waals surface area contributed by atoms with Gasteiger partial charge in [0.1, 0.15) is 0 Å². The third-order valence-corrected chi connectivity index (χ3v) is 7.79. The minimum Gasteiger partial charge on any atom is -1.00 e. The zero-order valence-corrected chi connectivity index (χ0v) is 20.8. The van der Waals surface area contributed by atoms with Gasteiger partial charge in [0.2, 0.25) is 0 Å². The molecule has 0 aliphatic heterocycles. The number of rotatable bonds is 8. The Bertz CT molecular complexity index is 555. The van der Waals surface area contributed by atoms with E-state index in [4.69, 9.17) is 0 Å². The quantitative estimate of drug-likeness (QED) is 0.277. The average Bonchev–Trinajstić information content (AvgIpc) is 2.84. The van der Waals surface area contributed by atoms with Gasteiger partial charge in [-0.1, -0.05) is 0 Å². The van der Waals surface area contributed by atoms with E-state index in [1.807, 2.05) is 5.20 Å². The van der Waals surface area contributed by atoms with E-state index in [1.54, 1.807) is 20.2 Å². The molecule has 0 spiro atoms. The Kier molecular flexibility index (Phi) is 16.1. The fourth-order valence-corrected chi connectivity index (χ4v) is 6.82. The Labute approximate surface area is 187 Å². The molecule has 1 aromatic rings. The molecule has 1 aliphatic rings. The van der Waals surface area contributed by atoms with E-state index < -0.39 is 0 Å². The number of hydrogen-bond acceptors (Lipinski definition) is 0. The zero-order chi connectivity index (χ0) is 15.9. The van der Waals surface area contributed by atoms with Crippen molar-refractivity contribution >= 4 is 14.7 Å². The summed E-state index contributed by atoms with van der Waals surface area (Å²) < 4.78 is 1.66. The van der Waals surface area contributed by atoms with Crippen molar-refractivity contribution in [1.82, 2.24) is 0 Å². The van der Waals surface area contributed by atoms with Crippen LogP contribution in [-0.2, 0) is 20.4 Å². The van der Waals surface area contributed by atoms with Gasteiger partial charge in [-0.2, -0.15) is 0 Å². The molecule has 0 amide bonds. The molecule has 1 aromatic carbocycles. The Balaban J connectivity index is 0. The summed E-state index contributed by atoms with van der Waals surface area (Å²) in [6.45, 7) is 7.06. The van der Waals surface area contributed by atoms with E-state index in [9.17, 15) is 0 Å². The standard InChI is InChI=1S/C20H29Si.3ClH.Ti/c1-4-6-8-11-17-14-19(16(3)5-2)20(15-17)21-18-12-9-7-10-13-18;;;;/h7,9-10,12-13,16H,4-6,8,11,15,21H2,1-3H3;3*1H;/q;;;;+3/p-3. The summed E-state index contributed by atoms with van der Waals surface area (Å²) in [5.41, 5.74) is 3.49. The van der Waals surface area contributed by atoms with Gasteiger partial charge in [0.05, 0.1) is 0 Å². The summed E-state index contributed by atoms with van der Waals surface area (Å²) in [5, 5.41) is 3.42. The van der Waals surface area contributed by atoms with Crippen LogP contribution in [0.5, 0.6) is 0 Å². The predicted molar refractivity (Wildman–Crippen MR) is 96.9 cm³/mol. The molecule has 2 rings (SSSR count). The van der Waals surface area contributed by atoms with Gasteiger partial charge in [-0.3, -0.25) is 0 Å². The van der Waals surface area contributed by atoms with Gasteiger partial charge in [0.15, 0.2) is 0 Å². The molecule has 0 bridgehead atoms. The van der Waals surface area contributed by atoms with Crippen molar-refractivity contribution in [1.29, 1.82) is 0 Å². The normalized spacial score (nSPS) is 15.1. The maximum Gasteiger partial charge on any atom is -1.00 e. The predicted octanol–water partition coefficient (Wildman–Crippen LogP) is -4.42.